The first-order valence-corrected chi connectivity index (χ1v) is 14.7. The highest BCUT2D eigenvalue weighted by Gasteiger charge is 2.25. The van der Waals surface area contributed by atoms with Crippen molar-refractivity contribution in [1.29, 1.82) is 0 Å². The first-order valence-electron chi connectivity index (χ1n) is 13.3. The van der Waals surface area contributed by atoms with Crippen LogP contribution in [-0.2, 0) is 17.2 Å². The molecule has 1 aliphatic heterocycles. The Hall–Kier alpha value is -4.27. The van der Waals surface area contributed by atoms with Crippen LogP contribution >= 0.6 is 0 Å². The Labute approximate surface area is 244 Å². The van der Waals surface area contributed by atoms with Crippen molar-refractivity contribution in [3.63, 3.8) is 0 Å². The molecule has 2 aromatic carbocycles. The van der Waals surface area contributed by atoms with Gasteiger partial charge < -0.3 is 25.0 Å². The van der Waals surface area contributed by atoms with Crippen LogP contribution in [0.25, 0.3) is 10.9 Å². The molecule has 1 aliphatic rings. The summed E-state index contributed by atoms with van der Waals surface area (Å²) in [5, 5.41) is 11.4. The third-order valence-corrected chi connectivity index (χ3v) is 7.50. The average molecular weight is 598 g/mol. The van der Waals surface area contributed by atoms with E-state index < -0.39 is 10.1 Å². The van der Waals surface area contributed by atoms with Gasteiger partial charge >= 0.3 is 0 Å². The van der Waals surface area contributed by atoms with Gasteiger partial charge in [0.05, 0.1) is 18.6 Å². The Balaban J connectivity index is 0.000000310. The molecule has 13 nitrogen and oxygen atoms in total. The molecule has 0 unspecified atom stereocenters. The maximum Gasteiger partial charge on any atom is 0.294 e. The van der Waals surface area contributed by atoms with Gasteiger partial charge in [0.1, 0.15) is 16.8 Å². The van der Waals surface area contributed by atoms with E-state index in [1.165, 1.54) is 18.3 Å². The first kappa shape index (κ1) is 30.7. The number of hydrogen-bond acceptors (Lipinski definition) is 10. The molecule has 4 aromatic rings. The maximum absolute atomic E-state index is 13.0. The van der Waals surface area contributed by atoms with Crippen LogP contribution in [-0.4, -0.2) is 78.5 Å². The van der Waals surface area contributed by atoms with Gasteiger partial charge in [0, 0.05) is 55.7 Å². The van der Waals surface area contributed by atoms with Crippen LogP contribution in [0.5, 0.6) is 11.6 Å². The van der Waals surface area contributed by atoms with Crippen molar-refractivity contribution < 1.29 is 27.2 Å². The van der Waals surface area contributed by atoms with Gasteiger partial charge in [0.25, 0.3) is 16.0 Å². The Morgan fingerprint density at radius 2 is 1.95 bits per heavy atom. The minimum Gasteiger partial charge on any atom is -0.494 e. The van der Waals surface area contributed by atoms with Crippen molar-refractivity contribution in [2.24, 2.45) is 7.05 Å². The highest BCUT2D eigenvalue weighted by molar-refractivity contribution is 7.85. The molecule has 1 atom stereocenters. The number of nitrogens with zero attached hydrogens (tertiary/aromatic N) is 5. The van der Waals surface area contributed by atoms with Gasteiger partial charge in [-0.25, -0.2) is 4.98 Å². The van der Waals surface area contributed by atoms with E-state index in [-0.39, 0.29) is 22.2 Å². The molecule has 1 fully saturated rings. The SMILES string of the molecule is CCOc1nc(N2CC[C@H](NC)C2)ncc1C(=O)Nc1cc(OC)c2nn(C)cc2c1.Cc1ccc(S(=O)(=O)O)cc1. The summed E-state index contributed by atoms with van der Waals surface area (Å²) in [5.74, 6) is 1.07. The molecule has 0 saturated carbocycles. The van der Waals surface area contributed by atoms with Crippen LogP contribution in [0, 0.1) is 6.92 Å². The summed E-state index contributed by atoms with van der Waals surface area (Å²) in [6.07, 6.45) is 4.41. The topological polar surface area (TPSA) is 161 Å². The molecule has 3 N–H and O–H groups in total. The fraction of sp³-hybridized carbons (Fsp3) is 0.357. The standard InChI is InChI=1S/C21H27N7O3.C7H8O3S/c1-5-31-20-16(10-23-21(25-20)28-7-6-14(12-28)22-2)19(29)24-15-8-13-11-27(3)26-18(13)17(9-15)30-4;1-6-2-4-7(5-3-6)11(8,9)10/h8-11,14,22H,5-7,12H2,1-4H3,(H,24,29);2-5H,1H3,(H,8,9,10)/t14-;/m0./s1. The summed E-state index contributed by atoms with van der Waals surface area (Å²) < 4.78 is 42.4. The third-order valence-electron chi connectivity index (χ3n) is 6.63. The van der Waals surface area contributed by atoms with Gasteiger partial charge in [-0.15, -0.1) is 0 Å². The van der Waals surface area contributed by atoms with Crippen molar-refractivity contribution in [1.82, 2.24) is 25.1 Å². The molecule has 42 heavy (non-hydrogen) atoms. The first-order chi connectivity index (χ1) is 20.0. The lowest BCUT2D eigenvalue weighted by Gasteiger charge is -2.18. The Bertz CT molecular complexity index is 1660. The number of benzene rings is 2. The predicted octanol–water partition coefficient (Wildman–Crippen LogP) is 3.06. The van der Waals surface area contributed by atoms with Gasteiger partial charge in [-0.2, -0.15) is 18.5 Å². The lowest BCUT2D eigenvalue weighted by molar-refractivity contribution is 0.102. The van der Waals surface area contributed by atoms with Crippen LogP contribution in [0.1, 0.15) is 29.3 Å². The summed E-state index contributed by atoms with van der Waals surface area (Å²) in [7, 11) is 1.34. The summed E-state index contributed by atoms with van der Waals surface area (Å²) in [6.45, 7) is 5.77. The van der Waals surface area contributed by atoms with Crippen LogP contribution in [0.4, 0.5) is 11.6 Å². The normalized spacial score (nSPS) is 14.8. The molecule has 3 heterocycles. The fourth-order valence-corrected chi connectivity index (χ4v) is 4.93. The van der Waals surface area contributed by atoms with E-state index in [0.717, 1.165) is 36.0 Å². The molecule has 1 amide bonds. The van der Waals surface area contributed by atoms with Crippen LogP contribution in [0.15, 0.2) is 53.7 Å². The highest BCUT2D eigenvalue weighted by Crippen LogP contribution is 2.30. The maximum atomic E-state index is 13.0. The van der Waals surface area contributed by atoms with Gasteiger partial charge in [-0.05, 0) is 45.5 Å². The van der Waals surface area contributed by atoms with E-state index in [0.29, 0.717) is 30.0 Å². The average Bonchev–Trinajstić information content (AvgIpc) is 3.59. The number of anilines is 2. The molecule has 2 aromatic heterocycles. The molecule has 0 radical (unpaired) electrons. The number of aryl methyl sites for hydroxylation is 2. The van der Waals surface area contributed by atoms with Gasteiger partial charge in [0.15, 0.2) is 0 Å². The zero-order valence-corrected chi connectivity index (χ0v) is 25.0. The van der Waals surface area contributed by atoms with Crippen LogP contribution in [0.3, 0.4) is 0 Å². The largest absolute Gasteiger partial charge is 0.494 e. The van der Waals surface area contributed by atoms with Crippen molar-refractivity contribution in [3.8, 4) is 11.6 Å². The van der Waals surface area contributed by atoms with E-state index >= 15 is 0 Å². The summed E-state index contributed by atoms with van der Waals surface area (Å²) >= 11 is 0. The Morgan fingerprint density at radius 3 is 2.57 bits per heavy atom. The zero-order chi connectivity index (χ0) is 30.4. The minimum absolute atomic E-state index is 0.0666. The number of carbonyl (C=O) groups excluding carboxylic acids is 1. The quantitative estimate of drug-likeness (QED) is 0.256. The van der Waals surface area contributed by atoms with Gasteiger partial charge in [-0.3, -0.25) is 14.0 Å². The smallest absolute Gasteiger partial charge is 0.294 e. The Kier molecular flexibility index (Phi) is 9.60. The molecule has 224 valence electrons. The monoisotopic (exact) mass is 597 g/mol. The molecular weight excluding hydrogens is 562 g/mol. The number of methoxy groups -OCH3 is 1. The lowest BCUT2D eigenvalue weighted by atomic mass is 10.2. The second-order valence-electron chi connectivity index (χ2n) is 9.70. The second-order valence-corrected chi connectivity index (χ2v) is 11.1. The fourth-order valence-electron chi connectivity index (χ4n) is 4.45. The molecule has 14 heteroatoms. The highest BCUT2D eigenvalue weighted by atomic mass is 32.2. The number of ether oxygens (including phenoxy) is 2. The van der Waals surface area contributed by atoms with Gasteiger partial charge in [0.2, 0.25) is 11.8 Å². The molecule has 0 bridgehead atoms. The number of fused-ring (bicyclic) bond motifs is 1. The van der Waals surface area contributed by atoms with Crippen LogP contribution < -0.4 is 25.0 Å². The summed E-state index contributed by atoms with van der Waals surface area (Å²) in [4.78, 5) is 24.0. The number of amides is 1. The predicted molar refractivity (Wildman–Crippen MR) is 159 cm³/mol. The summed E-state index contributed by atoms with van der Waals surface area (Å²) in [5.41, 5.74) is 2.55. The molecule has 0 aliphatic carbocycles. The number of nitrogens with one attached hydrogen (secondary N) is 2. The third kappa shape index (κ3) is 7.32. The molecular formula is C28H35N7O6S. The molecule has 0 spiro atoms. The summed E-state index contributed by atoms with van der Waals surface area (Å²) in [6, 6.07) is 9.98. The molecule has 1 saturated heterocycles. The lowest BCUT2D eigenvalue weighted by Crippen LogP contribution is -2.30. The number of carbonyl (C=O) groups is 1. The van der Waals surface area contributed by atoms with E-state index in [1.807, 2.05) is 40.2 Å². The van der Waals surface area contributed by atoms with E-state index in [4.69, 9.17) is 14.0 Å². The van der Waals surface area contributed by atoms with Crippen molar-refractivity contribution in [2.45, 2.75) is 31.2 Å². The Morgan fingerprint density at radius 1 is 1.21 bits per heavy atom. The zero-order valence-electron chi connectivity index (χ0n) is 24.2. The minimum atomic E-state index is -4.02. The van der Waals surface area contributed by atoms with Crippen molar-refractivity contribution >= 4 is 38.6 Å². The second kappa shape index (κ2) is 13.1. The van der Waals surface area contributed by atoms with Crippen molar-refractivity contribution in [3.05, 3.63) is 59.9 Å². The number of aromatic nitrogens is 4. The molecule has 5 rings (SSSR count). The van der Waals surface area contributed by atoms with E-state index in [2.05, 4.69) is 30.6 Å². The number of likely N-dealkylation sites (N-methyl/N-ethyl adjacent to an activating group) is 1. The van der Waals surface area contributed by atoms with Gasteiger partial charge in [-0.1, -0.05) is 17.7 Å². The van der Waals surface area contributed by atoms with Crippen molar-refractivity contribution in [2.75, 3.05) is 44.1 Å². The van der Waals surface area contributed by atoms with E-state index in [9.17, 15) is 13.2 Å². The van der Waals surface area contributed by atoms with E-state index in [1.54, 1.807) is 30.0 Å². The number of rotatable bonds is 8. The number of hydrogen-bond donors (Lipinski definition) is 3. The van der Waals surface area contributed by atoms with Crippen LogP contribution in [0.2, 0.25) is 0 Å².